The normalized spacial score (nSPS) is 18.8. The van der Waals surface area contributed by atoms with Gasteiger partial charge in [0.1, 0.15) is 11.5 Å². The Labute approximate surface area is 124 Å². The van der Waals surface area contributed by atoms with Gasteiger partial charge >= 0.3 is 0 Å². The highest BCUT2D eigenvalue weighted by atomic mass is 32.2. The molecule has 1 aliphatic rings. The summed E-state index contributed by atoms with van der Waals surface area (Å²) in [6, 6.07) is 1.43. The van der Waals surface area contributed by atoms with Crippen LogP contribution in [0.3, 0.4) is 0 Å². The molecule has 1 saturated heterocycles. The van der Waals surface area contributed by atoms with Crippen molar-refractivity contribution < 1.29 is 18.3 Å². The number of sulfonamides is 1. The summed E-state index contributed by atoms with van der Waals surface area (Å²) in [6.07, 6.45) is 5.60. The lowest BCUT2D eigenvalue weighted by Crippen LogP contribution is -2.35. The molecule has 0 aromatic carbocycles. The first-order valence-electron chi connectivity index (χ1n) is 6.78. The van der Waals surface area contributed by atoms with E-state index in [1.54, 1.807) is 0 Å². The summed E-state index contributed by atoms with van der Waals surface area (Å²) in [5.74, 6) is 5.09. The van der Waals surface area contributed by atoms with Gasteiger partial charge in [-0.1, -0.05) is 11.8 Å². The van der Waals surface area contributed by atoms with Crippen molar-refractivity contribution in [2.75, 3.05) is 19.8 Å². The average Bonchev–Trinajstić information content (AvgIpc) is 2.52. The zero-order valence-electron chi connectivity index (χ0n) is 11.6. The second-order valence-electron chi connectivity index (χ2n) is 4.71. The van der Waals surface area contributed by atoms with Crippen LogP contribution in [0.25, 0.3) is 0 Å². The maximum Gasteiger partial charge on any atom is 0.242 e. The summed E-state index contributed by atoms with van der Waals surface area (Å²) in [5, 5.41) is 8.65. The van der Waals surface area contributed by atoms with E-state index in [1.165, 1.54) is 18.5 Å². The first-order valence-corrected chi connectivity index (χ1v) is 8.26. The van der Waals surface area contributed by atoms with Crippen LogP contribution in [0.1, 0.15) is 24.8 Å². The third-order valence-corrected chi connectivity index (χ3v) is 4.50. The van der Waals surface area contributed by atoms with Crippen LogP contribution in [0.15, 0.2) is 23.4 Å². The molecule has 0 aliphatic carbocycles. The number of hydrogen-bond acceptors (Lipinski definition) is 5. The number of aliphatic hydroxyl groups is 1. The van der Waals surface area contributed by atoms with E-state index in [0.717, 1.165) is 19.3 Å². The fourth-order valence-corrected chi connectivity index (χ4v) is 3.08. The van der Waals surface area contributed by atoms with Crippen molar-refractivity contribution in [3.63, 3.8) is 0 Å². The maximum atomic E-state index is 12.2. The molecule has 2 N–H and O–H groups in total. The predicted octanol–water partition coefficient (Wildman–Crippen LogP) is 0.273. The van der Waals surface area contributed by atoms with Crippen molar-refractivity contribution in [1.82, 2.24) is 9.71 Å². The number of pyridine rings is 1. The van der Waals surface area contributed by atoms with Crippen molar-refractivity contribution in [3.05, 3.63) is 24.0 Å². The molecule has 114 valence electrons. The Kier molecular flexibility index (Phi) is 5.70. The zero-order chi connectivity index (χ0) is 15.1. The summed E-state index contributed by atoms with van der Waals surface area (Å²) in [5.41, 5.74) is 0.445. The molecule has 0 radical (unpaired) electrons. The summed E-state index contributed by atoms with van der Waals surface area (Å²) >= 11 is 0. The van der Waals surface area contributed by atoms with Gasteiger partial charge in [-0.05, 0) is 25.3 Å². The molecule has 0 spiro atoms. The molecule has 1 aliphatic heterocycles. The molecule has 6 nitrogen and oxygen atoms in total. The van der Waals surface area contributed by atoms with Gasteiger partial charge < -0.3 is 9.84 Å². The molecule has 2 heterocycles. The van der Waals surface area contributed by atoms with Gasteiger partial charge in [-0.15, -0.1) is 0 Å². The van der Waals surface area contributed by atoms with Crippen molar-refractivity contribution >= 4 is 10.0 Å². The van der Waals surface area contributed by atoms with Crippen molar-refractivity contribution in [2.24, 2.45) is 0 Å². The van der Waals surface area contributed by atoms with Crippen molar-refractivity contribution in [1.29, 1.82) is 0 Å². The summed E-state index contributed by atoms with van der Waals surface area (Å²) in [6.45, 7) is 0.656. The van der Waals surface area contributed by atoms with Crippen LogP contribution >= 0.6 is 0 Å². The third kappa shape index (κ3) is 4.79. The Hall–Kier alpha value is -1.46. The van der Waals surface area contributed by atoms with Gasteiger partial charge in [-0.3, -0.25) is 4.98 Å². The average molecular weight is 310 g/mol. The van der Waals surface area contributed by atoms with Crippen molar-refractivity contribution in [3.8, 4) is 11.8 Å². The monoisotopic (exact) mass is 310 g/mol. The molecular weight excluding hydrogens is 292 g/mol. The van der Waals surface area contributed by atoms with Gasteiger partial charge in [0.2, 0.25) is 10.0 Å². The minimum atomic E-state index is -3.63. The molecular formula is C14H18N2O4S. The fraction of sp³-hybridized carbons (Fsp3) is 0.500. The van der Waals surface area contributed by atoms with E-state index in [-0.39, 0.29) is 24.2 Å². The Bertz CT molecular complexity index is 628. The number of hydrogen-bond donors (Lipinski definition) is 2. The van der Waals surface area contributed by atoms with Gasteiger partial charge in [0.15, 0.2) is 0 Å². The number of aliphatic hydroxyl groups excluding tert-OH is 1. The largest absolute Gasteiger partial charge is 0.384 e. The summed E-state index contributed by atoms with van der Waals surface area (Å²) < 4.78 is 32.4. The van der Waals surface area contributed by atoms with Gasteiger partial charge in [0, 0.05) is 31.1 Å². The standard InChI is InChI=1S/C14H18N2O4S/c17-6-3-4-12-8-14(11-15-9-12)21(18,19)16-10-13-5-1-2-7-20-13/h8-9,11,13,16-17H,1-2,5-7,10H2. The molecule has 1 aromatic heterocycles. The zero-order valence-corrected chi connectivity index (χ0v) is 12.4. The minimum Gasteiger partial charge on any atom is -0.384 e. The number of nitrogens with one attached hydrogen (secondary N) is 1. The van der Waals surface area contributed by atoms with E-state index in [4.69, 9.17) is 9.84 Å². The first kappa shape index (κ1) is 15.9. The highest BCUT2D eigenvalue weighted by Gasteiger charge is 2.19. The topological polar surface area (TPSA) is 88.5 Å². The molecule has 21 heavy (non-hydrogen) atoms. The summed E-state index contributed by atoms with van der Waals surface area (Å²) in [4.78, 5) is 3.92. The van der Waals surface area contributed by atoms with E-state index in [1.807, 2.05) is 0 Å². The molecule has 7 heteroatoms. The lowest BCUT2D eigenvalue weighted by atomic mass is 10.1. The number of aromatic nitrogens is 1. The minimum absolute atomic E-state index is 0.0584. The Balaban J connectivity index is 2.04. The lowest BCUT2D eigenvalue weighted by Gasteiger charge is -2.22. The van der Waals surface area contributed by atoms with Crippen LogP contribution in [0.2, 0.25) is 0 Å². The number of rotatable bonds is 4. The van der Waals surface area contributed by atoms with Crippen LogP contribution in [0, 0.1) is 11.8 Å². The van der Waals surface area contributed by atoms with Gasteiger partial charge in [-0.25, -0.2) is 13.1 Å². The quantitative estimate of drug-likeness (QED) is 0.780. The van der Waals surface area contributed by atoms with E-state index >= 15 is 0 Å². The van der Waals surface area contributed by atoms with Gasteiger partial charge in [0.25, 0.3) is 0 Å². The van der Waals surface area contributed by atoms with Gasteiger partial charge in [0.05, 0.1) is 6.10 Å². The molecule has 1 unspecified atom stereocenters. The molecule has 0 bridgehead atoms. The molecule has 0 amide bonds. The molecule has 1 atom stereocenters. The number of nitrogens with zero attached hydrogens (tertiary/aromatic N) is 1. The highest BCUT2D eigenvalue weighted by Crippen LogP contribution is 2.13. The smallest absolute Gasteiger partial charge is 0.242 e. The van der Waals surface area contributed by atoms with E-state index < -0.39 is 10.0 Å². The van der Waals surface area contributed by atoms with Crippen LogP contribution in [-0.2, 0) is 14.8 Å². The van der Waals surface area contributed by atoms with Gasteiger partial charge in [-0.2, -0.15) is 0 Å². The second-order valence-corrected chi connectivity index (χ2v) is 6.48. The van der Waals surface area contributed by atoms with E-state index in [2.05, 4.69) is 21.5 Å². The molecule has 1 aromatic rings. The predicted molar refractivity (Wildman–Crippen MR) is 77.0 cm³/mol. The molecule has 0 saturated carbocycles. The fourth-order valence-electron chi connectivity index (χ4n) is 2.03. The third-order valence-electron chi connectivity index (χ3n) is 3.11. The van der Waals surface area contributed by atoms with Crippen LogP contribution in [-0.4, -0.2) is 44.4 Å². The summed E-state index contributed by atoms with van der Waals surface area (Å²) in [7, 11) is -3.63. The number of ether oxygens (including phenoxy) is 1. The maximum absolute atomic E-state index is 12.2. The van der Waals surface area contributed by atoms with E-state index in [0.29, 0.717) is 12.2 Å². The first-order chi connectivity index (χ1) is 10.1. The Morgan fingerprint density at radius 1 is 1.43 bits per heavy atom. The van der Waals surface area contributed by atoms with Crippen LogP contribution < -0.4 is 4.72 Å². The Morgan fingerprint density at radius 2 is 2.29 bits per heavy atom. The highest BCUT2D eigenvalue weighted by molar-refractivity contribution is 7.89. The van der Waals surface area contributed by atoms with E-state index in [9.17, 15) is 8.42 Å². The Morgan fingerprint density at radius 3 is 3.00 bits per heavy atom. The lowest BCUT2D eigenvalue weighted by molar-refractivity contribution is 0.0200. The second kappa shape index (κ2) is 7.52. The SMILES string of the molecule is O=S(=O)(NCC1CCCCO1)c1cncc(C#CCO)c1. The van der Waals surface area contributed by atoms with Crippen LogP contribution in [0.5, 0.6) is 0 Å². The molecule has 2 rings (SSSR count). The van der Waals surface area contributed by atoms with Crippen molar-refractivity contribution in [2.45, 2.75) is 30.3 Å². The van der Waals surface area contributed by atoms with Crippen LogP contribution in [0.4, 0.5) is 0 Å². The molecule has 1 fully saturated rings.